The van der Waals surface area contributed by atoms with Crippen molar-refractivity contribution < 1.29 is 13.9 Å². The van der Waals surface area contributed by atoms with Gasteiger partial charge in [0.15, 0.2) is 0 Å². The predicted octanol–water partition coefficient (Wildman–Crippen LogP) is 1.13. The molecular formula is C10H15NO3. The third-order valence-corrected chi connectivity index (χ3v) is 2.22. The van der Waals surface area contributed by atoms with Crippen LogP contribution in [0.2, 0.25) is 0 Å². The van der Waals surface area contributed by atoms with Crippen LogP contribution in [0.4, 0.5) is 0 Å². The fraction of sp³-hybridized carbons (Fsp3) is 0.600. The van der Waals surface area contributed by atoms with Gasteiger partial charge in [-0.2, -0.15) is 0 Å². The lowest BCUT2D eigenvalue weighted by Crippen LogP contribution is -2.33. The highest BCUT2D eigenvalue weighted by atomic mass is 16.7. The monoisotopic (exact) mass is 197 g/mol. The first-order chi connectivity index (χ1) is 6.95. The fourth-order valence-electron chi connectivity index (χ4n) is 1.43. The second kappa shape index (κ2) is 5.14. The van der Waals surface area contributed by atoms with Gasteiger partial charge in [-0.05, 0) is 18.6 Å². The van der Waals surface area contributed by atoms with Crippen molar-refractivity contribution in [2.24, 2.45) is 0 Å². The summed E-state index contributed by atoms with van der Waals surface area (Å²) in [5.74, 6) is 0.956. The van der Waals surface area contributed by atoms with Crippen LogP contribution in [-0.4, -0.2) is 26.0 Å². The van der Waals surface area contributed by atoms with Crippen molar-refractivity contribution in [2.75, 3.05) is 19.9 Å². The molecule has 0 spiro atoms. The lowest BCUT2D eigenvalue weighted by Gasteiger charge is -2.22. The van der Waals surface area contributed by atoms with Crippen LogP contribution < -0.4 is 5.32 Å². The molecule has 78 valence electrons. The number of rotatable bonds is 4. The summed E-state index contributed by atoms with van der Waals surface area (Å²) in [5, 5.41) is 3.28. The Morgan fingerprint density at radius 1 is 1.50 bits per heavy atom. The first kappa shape index (κ1) is 9.71. The molecule has 0 saturated carbocycles. The topological polar surface area (TPSA) is 43.6 Å². The number of furan rings is 1. The van der Waals surface area contributed by atoms with E-state index in [2.05, 4.69) is 5.32 Å². The summed E-state index contributed by atoms with van der Waals surface area (Å²) in [6.07, 6.45) is 2.92. The molecule has 1 aliphatic rings. The molecule has 1 N–H and O–H groups in total. The van der Waals surface area contributed by atoms with E-state index in [9.17, 15) is 0 Å². The lowest BCUT2D eigenvalue weighted by molar-refractivity contribution is -0.137. The van der Waals surface area contributed by atoms with E-state index in [0.717, 1.165) is 31.9 Å². The maximum Gasteiger partial charge on any atom is 0.147 e. The van der Waals surface area contributed by atoms with E-state index >= 15 is 0 Å². The molecule has 2 rings (SSSR count). The molecule has 0 aliphatic carbocycles. The standard InChI is InChI=1S/C10H15NO3/c1-2-9(13-4-1)6-11-7-10-3-5-12-8-14-10/h1-2,4,10-11H,3,5-8H2. The zero-order chi connectivity index (χ0) is 9.64. The third kappa shape index (κ3) is 2.83. The van der Waals surface area contributed by atoms with E-state index in [1.807, 2.05) is 12.1 Å². The zero-order valence-corrected chi connectivity index (χ0v) is 8.07. The molecule has 1 unspecified atom stereocenters. The minimum Gasteiger partial charge on any atom is -0.468 e. The molecule has 0 aromatic carbocycles. The average Bonchev–Trinajstić information content (AvgIpc) is 2.72. The summed E-state index contributed by atoms with van der Waals surface area (Å²) in [7, 11) is 0. The van der Waals surface area contributed by atoms with Gasteiger partial charge in [-0.15, -0.1) is 0 Å². The largest absolute Gasteiger partial charge is 0.468 e. The molecule has 1 aromatic rings. The van der Waals surface area contributed by atoms with Crippen LogP contribution in [0.3, 0.4) is 0 Å². The van der Waals surface area contributed by atoms with Gasteiger partial charge in [0.2, 0.25) is 0 Å². The smallest absolute Gasteiger partial charge is 0.147 e. The molecule has 2 heterocycles. The highest BCUT2D eigenvalue weighted by molar-refractivity contribution is 4.97. The van der Waals surface area contributed by atoms with Crippen LogP contribution in [0.25, 0.3) is 0 Å². The Morgan fingerprint density at radius 2 is 2.50 bits per heavy atom. The maximum absolute atomic E-state index is 5.38. The molecule has 4 nitrogen and oxygen atoms in total. The lowest BCUT2D eigenvalue weighted by atomic mass is 10.2. The molecule has 1 aromatic heterocycles. The molecule has 0 bridgehead atoms. The normalized spacial score (nSPS) is 22.4. The quantitative estimate of drug-likeness (QED) is 0.785. The highest BCUT2D eigenvalue weighted by Crippen LogP contribution is 2.05. The van der Waals surface area contributed by atoms with Gasteiger partial charge in [0.05, 0.1) is 25.5 Å². The number of ether oxygens (including phenoxy) is 2. The van der Waals surface area contributed by atoms with Crippen molar-refractivity contribution in [3.63, 3.8) is 0 Å². The summed E-state index contributed by atoms with van der Waals surface area (Å²) in [4.78, 5) is 0. The Balaban J connectivity index is 1.62. The van der Waals surface area contributed by atoms with Gasteiger partial charge in [-0.3, -0.25) is 0 Å². The Hall–Kier alpha value is -0.840. The van der Waals surface area contributed by atoms with E-state index in [-0.39, 0.29) is 6.10 Å². The summed E-state index contributed by atoms with van der Waals surface area (Å²) in [6, 6.07) is 3.85. The number of hydrogen-bond donors (Lipinski definition) is 1. The molecule has 1 saturated heterocycles. The summed E-state index contributed by atoms with van der Waals surface area (Å²) >= 11 is 0. The molecule has 4 heteroatoms. The van der Waals surface area contributed by atoms with E-state index in [1.54, 1.807) is 6.26 Å². The van der Waals surface area contributed by atoms with Gasteiger partial charge in [-0.1, -0.05) is 0 Å². The SMILES string of the molecule is c1coc(CNCC2CCOCO2)c1. The van der Waals surface area contributed by atoms with Gasteiger partial charge >= 0.3 is 0 Å². The van der Waals surface area contributed by atoms with Gasteiger partial charge < -0.3 is 19.2 Å². The van der Waals surface area contributed by atoms with E-state index in [1.165, 1.54) is 0 Å². The Bertz CT molecular complexity index is 242. The minimum absolute atomic E-state index is 0.277. The van der Waals surface area contributed by atoms with Crippen molar-refractivity contribution in [3.05, 3.63) is 24.2 Å². The molecule has 1 atom stereocenters. The van der Waals surface area contributed by atoms with Crippen LogP contribution in [-0.2, 0) is 16.0 Å². The number of nitrogens with one attached hydrogen (secondary N) is 1. The van der Waals surface area contributed by atoms with Crippen molar-refractivity contribution >= 4 is 0 Å². The predicted molar refractivity (Wildman–Crippen MR) is 50.7 cm³/mol. The van der Waals surface area contributed by atoms with Crippen molar-refractivity contribution in [3.8, 4) is 0 Å². The van der Waals surface area contributed by atoms with Crippen LogP contribution >= 0.6 is 0 Å². The average molecular weight is 197 g/mol. The van der Waals surface area contributed by atoms with Gasteiger partial charge in [-0.25, -0.2) is 0 Å². The minimum atomic E-state index is 0.277. The van der Waals surface area contributed by atoms with Gasteiger partial charge in [0, 0.05) is 6.54 Å². The Labute approximate surface area is 83.2 Å². The molecule has 1 aliphatic heterocycles. The second-order valence-electron chi connectivity index (χ2n) is 3.31. The first-order valence-electron chi connectivity index (χ1n) is 4.87. The van der Waals surface area contributed by atoms with Crippen molar-refractivity contribution in [1.82, 2.24) is 5.32 Å². The van der Waals surface area contributed by atoms with E-state index in [0.29, 0.717) is 6.79 Å². The van der Waals surface area contributed by atoms with E-state index < -0.39 is 0 Å². The molecular weight excluding hydrogens is 182 g/mol. The Kier molecular flexibility index (Phi) is 3.57. The molecule has 1 fully saturated rings. The summed E-state index contributed by atoms with van der Waals surface area (Å²) in [6.45, 7) is 2.83. The number of hydrogen-bond acceptors (Lipinski definition) is 4. The molecule has 14 heavy (non-hydrogen) atoms. The summed E-state index contributed by atoms with van der Waals surface area (Å²) in [5.41, 5.74) is 0. The van der Waals surface area contributed by atoms with Gasteiger partial charge in [0.25, 0.3) is 0 Å². The van der Waals surface area contributed by atoms with Crippen molar-refractivity contribution in [2.45, 2.75) is 19.1 Å². The van der Waals surface area contributed by atoms with Crippen LogP contribution in [0.1, 0.15) is 12.2 Å². The van der Waals surface area contributed by atoms with E-state index in [4.69, 9.17) is 13.9 Å². The maximum atomic E-state index is 5.38. The van der Waals surface area contributed by atoms with Crippen LogP contribution in [0.15, 0.2) is 22.8 Å². The third-order valence-electron chi connectivity index (χ3n) is 2.22. The van der Waals surface area contributed by atoms with Crippen LogP contribution in [0, 0.1) is 0 Å². The molecule has 0 radical (unpaired) electrons. The summed E-state index contributed by atoms with van der Waals surface area (Å²) < 4.78 is 15.7. The Morgan fingerprint density at radius 3 is 3.21 bits per heavy atom. The zero-order valence-electron chi connectivity index (χ0n) is 8.07. The highest BCUT2D eigenvalue weighted by Gasteiger charge is 2.13. The van der Waals surface area contributed by atoms with Crippen LogP contribution in [0.5, 0.6) is 0 Å². The van der Waals surface area contributed by atoms with Crippen molar-refractivity contribution in [1.29, 1.82) is 0 Å². The first-order valence-corrected chi connectivity index (χ1v) is 4.87. The second-order valence-corrected chi connectivity index (χ2v) is 3.31. The van der Waals surface area contributed by atoms with Gasteiger partial charge in [0.1, 0.15) is 12.6 Å². The molecule has 0 amide bonds. The fourth-order valence-corrected chi connectivity index (χ4v) is 1.43.